The normalized spacial score (nSPS) is 10.9. The van der Waals surface area contributed by atoms with Gasteiger partial charge in [0, 0.05) is 13.0 Å². The summed E-state index contributed by atoms with van der Waals surface area (Å²) in [6.45, 7) is 0.168. The minimum absolute atomic E-state index is 0.0110. The summed E-state index contributed by atoms with van der Waals surface area (Å²) in [4.78, 5) is 35.2. The van der Waals surface area contributed by atoms with Crippen molar-refractivity contribution in [2.24, 2.45) is 0 Å². The van der Waals surface area contributed by atoms with Crippen LogP contribution in [0.5, 0.6) is 5.75 Å². The standard InChI is InChI=1S/C19H20N2O6/c1-26-14-8-6-13(7-9-14)12-15(18(24)20-10-2-5-17(22)23)21-19(25)16-4-3-11-27-16/h3-4,6-9,11-12H,2,5,10H2,1H3,(H,20,24)(H,21,25)(H,22,23). The van der Waals surface area contributed by atoms with Gasteiger partial charge < -0.3 is 24.9 Å². The molecule has 1 aromatic heterocycles. The highest BCUT2D eigenvalue weighted by molar-refractivity contribution is 6.04. The van der Waals surface area contributed by atoms with E-state index in [9.17, 15) is 14.4 Å². The molecule has 0 saturated carbocycles. The van der Waals surface area contributed by atoms with Crippen LogP contribution in [-0.4, -0.2) is 36.5 Å². The third-order valence-corrected chi connectivity index (χ3v) is 3.52. The first-order valence-corrected chi connectivity index (χ1v) is 8.20. The number of carbonyl (C=O) groups excluding carboxylic acids is 2. The van der Waals surface area contributed by atoms with Crippen molar-refractivity contribution in [2.75, 3.05) is 13.7 Å². The highest BCUT2D eigenvalue weighted by atomic mass is 16.5. The van der Waals surface area contributed by atoms with Gasteiger partial charge in [-0.2, -0.15) is 0 Å². The Kier molecular flexibility index (Phi) is 7.18. The first-order valence-electron chi connectivity index (χ1n) is 8.20. The Balaban J connectivity index is 2.13. The molecule has 0 atom stereocenters. The molecule has 0 radical (unpaired) electrons. The number of ether oxygens (including phenoxy) is 1. The highest BCUT2D eigenvalue weighted by Gasteiger charge is 2.16. The fraction of sp³-hybridized carbons (Fsp3) is 0.211. The molecule has 0 fully saturated rings. The van der Waals surface area contributed by atoms with Gasteiger partial charge in [0.25, 0.3) is 11.8 Å². The van der Waals surface area contributed by atoms with Gasteiger partial charge in [0.2, 0.25) is 0 Å². The Hall–Kier alpha value is -3.55. The van der Waals surface area contributed by atoms with E-state index in [0.29, 0.717) is 11.3 Å². The molecule has 3 N–H and O–H groups in total. The largest absolute Gasteiger partial charge is 0.497 e. The number of carboxylic acids is 1. The molecule has 0 unspecified atom stereocenters. The number of benzene rings is 1. The molecule has 2 amide bonds. The predicted molar refractivity (Wildman–Crippen MR) is 97.0 cm³/mol. The molecular weight excluding hydrogens is 352 g/mol. The summed E-state index contributed by atoms with van der Waals surface area (Å²) in [6.07, 6.45) is 3.08. The lowest BCUT2D eigenvalue weighted by molar-refractivity contribution is -0.137. The zero-order valence-corrected chi connectivity index (χ0v) is 14.7. The van der Waals surface area contributed by atoms with Crippen LogP contribution in [0.25, 0.3) is 6.08 Å². The number of hydrogen-bond acceptors (Lipinski definition) is 5. The number of carboxylic acid groups (broad SMARTS) is 1. The van der Waals surface area contributed by atoms with E-state index in [4.69, 9.17) is 14.3 Å². The number of furan rings is 1. The third kappa shape index (κ3) is 6.35. The number of hydrogen-bond donors (Lipinski definition) is 3. The Bertz CT molecular complexity index is 809. The van der Waals surface area contributed by atoms with E-state index in [0.717, 1.165) is 0 Å². The van der Waals surface area contributed by atoms with Crippen molar-refractivity contribution in [3.05, 3.63) is 59.7 Å². The van der Waals surface area contributed by atoms with Crippen molar-refractivity contribution in [1.82, 2.24) is 10.6 Å². The number of nitrogens with one attached hydrogen (secondary N) is 2. The van der Waals surface area contributed by atoms with E-state index in [-0.39, 0.29) is 30.8 Å². The van der Waals surface area contributed by atoms with Crippen LogP contribution >= 0.6 is 0 Å². The Morgan fingerprint density at radius 3 is 2.52 bits per heavy atom. The maximum Gasteiger partial charge on any atom is 0.303 e. The zero-order valence-electron chi connectivity index (χ0n) is 14.7. The molecule has 1 aromatic carbocycles. The Morgan fingerprint density at radius 1 is 1.19 bits per heavy atom. The first-order chi connectivity index (χ1) is 13.0. The molecule has 0 aliphatic heterocycles. The lowest BCUT2D eigenvalue weighted by Crippen LogP contribution is -2.35. The van der Waals surface area contributed by atoms with E-state index in [2.05, 4.69) is 10.6 Å². The van der Waals surface area contributed by atoms with E-state index in [1.165, 1.54) is 18.4 Å². The van der Waals surface area contributed by atoms with Gasteiger partial charge in [-0.25, -0.2) is 0 Å². The van der Waals surface area contributed by atoms with Crippen molar-refractivity contribution >= 4 is 23.9 Å². The second-order valence-corrected chi connectivity index (χ2v) is 5.52. The average Bonchev–Trinajstić information content (AvgIpc) is 3.20. The molecule has 0 saturated heterocycles. The lowest BCUT2D eigenvalue weighted by atomic mass is 10.1. The average molecular weight is 372 g/mol. The number of methoxy groups -OCH3 is 1. The molecule has 0 spiro atoms. The quantitative estimate of drug-likeness (QED) is 0.458. The fourth-order valence-electron chi connectivity index (χ4n) is 2.15. The van der Waals surface area contributed by atoms with Crippen LogP contribution in [-0.2, 0) is 9.59 Å². The van der Waals surface area contributed by atoms with E-state index >= 15 is 0 Å². The van der Waals surface area contributed by atoms with Gasteiger partial charge in [-0.3, -0.25) is 14.4 Å². The molecule has 1 heterocycles. The molecule has 8 nitrogen and oxygen atoms in total. The number of amides is 2. The topological polar surface area (TPSA) is 118 Å². The minimum atomic E-state index is -0.940. The minimum Gasteiger partial charge on any atom is -0.497 e. The van der Waals surface area contributed by atoms with Crippen molar-refractivity contribution < 1.29 is 28.6 Å². The molecule has 27 heavy (non-hydrogen) atoms. The first kappa shape index (κ1) is 19.8. The Morgan fingerprint density at radius 2 is 1.93 bits per heavy atom. The van der Waals surface area contributed by atoms with Crippen LogP contribution in [0.2, 0.25) is 0 Å². The summed E-state index contributed by atoms with van der Waals surface area (Å²) >= 11 is 0. The monoisotopic (exact) mass is 372 g/mol. The smallest absolute Gasteiger partial charge is 0.303 e. The molecule has 0 aliphatic carbocycles. The van der Waals surface area contributed by atoms with E-state index in [1.54, 1.807) is 37.4 Å². The summed E-state index contributed by atoms with van der Waals surface area (Å²) in [6, 6.07) is 9.95. The van der Waals surface area contributed by atoms with Gasteiger partial charge in [0.15, 0.2) is 5.76 Å². The molecule has 0 aliphatic rings. The van der Waals surface area contributed by atoms with Crippen molar-refractivity contribution in [2.45, 2.75) is 12.8 Å². The van der Waals surface area contributed by atoms with Gasteiger partial charge in [-0.15, -0.1) is 0 Å². The summed E-state index contributed by atoms with van der Waals surface area (Å²) in [5.41, 5.74) is 0.683. The maximum absolute atomic E-state index is 12.4. The number of rotatable bonds is 9. The molecule has 0 bridgehead atoms. The Labute approximate surface area is 155 Å². The van der Waals surface area contributed by atoms with Gasteiger partial charge in [-0.1, -0.05) is 12.1 Å². The van der Waals surface area contributed by atoms with Gasteiger partial charge in [0.1, 0.15) is 11.4 Å². The fourth-order valence-corrected chi connectivity index (χ4v) is 2.15. The predicted octanol–water partition coefficient (Wildman–Crippen LogP) is 2.04. The second-order valence-electron chi connectivity index (χ2n) is 5.52. The molecule has 2 aromatic rings. The molecular formula is C19H20N2O6. The lowest BCUT2D eigenvalue weighted by Gasteiger charge is -2.10. The van der Waals surface area contributed by atoms with Crippen LogP contribution < -0.4 is 15.4 Å². The van der Waals surface area contributed by atoms with Crippen LogP contribution in [0.1, 0.15) is 29.0 Å². The maximum atomic E-state index is 12.4. The highest BCUT2D eigenvalue weighted by Crippen LogP contribution is 2.14. The molecule has 8 heteroatoms. The third-order valence-electron chi connectivity index (χ3n) is 3.52. The summed E-state index contributed by atoms with van der Waals surface area (Å²) < 4.78 is 10.1. The summed E-state index contributed by atoms with van der Waals surface area (Å²) in [7, 11) is 1.55. The van der Waals surface area contributed by atoms with Crippen molar-refractivity contribution in [1.29, 1.82) is 0 Å². The van der Waals surface area contributed by atoms with E-state index in [1.807, 2.05) is 0 Å². The molecule has 2 rings (SSSR count). The van der Waals surface area contributed by atoms with Crippen LogP contribution in [0, 0.1) is 0 Å². The van der Waals surface area contributed by atoms with Gasteiger partial charge >= 0.3 is 5.97 Å². The summed E-state index contributed by atoms with van der Waals surface area (Å²) in [5, 5.41) is 13.8. The second kappa shape index (κ2) is 9.81. The SMILES string of the molecule is COc1ccc(C=C(NC(=O)c2ccco2)C(=O)NCCCC(=O)O)cc1. The summed E-state index contributed by atoms with van der Waals surface area (Å²) in [5.74, 6) is -1.32. The van der Waals surface area contributed by atoms with E-state index < -0.39 is 17.8 Å². The van der Waals surface area contributed by atoms with Crippen molar-refractivity contribution in [3.63, 3.8) is 0 Å². The number of aliphatic carboxylic acids is 1. The molecule has 142 valence electrons. The van der Waals surface area contributed by atoms with Crippen molar-refractivity contribution in [3.8, 4) is 5.75 Å². The van der Waals surface area contributed by atoms with Gasteiger partial charge in [0.05, 0.1) is 13.4 Å². The van der Waals surface area contributed by atoms with Crippen LogP contribution in [0.15, 0.2) is 52.8 Å². The van der Waals surface area contributed by atoms with Crippen LogP contribution in [0.4, 0.5) is 0 Å². The van der Waals surface area contributed by atoms with Gasteiger partial charge in [-0.05, 0) is 42.3 Å². The zero-order chi connectivity index (χ0) is 19.6. The number of carbonyl (C=O) groups is 3. The van der Waals surface area contributed by atoms with Crippen LogP contribution in [0.3, 0.4) is 0 Å².